The third-order valence-electron chi connectivity index (χ3n) is 4.42. The predicted molar refractivity (Wildman–Crippen MR) is 81.9 cm³/mol. The number of rotatable bonds is 3. The SMILES string of the molecule is CCN(C(=O)c1ccc2cc[nH]c2c1)C1CCCCC1. The molecule has 1 amide bonds. The Hall–Kier alpha value is -1.77. The zero-order valence-corrected chi connectivity index (χ0v) is 12.1. The molecule has 0 radical (unpaired) electrons. The lowest BCUT2D eigenvalue weighted by Crippen LogP contribution is -2.41. The average molecular weight is 270 g/mol. The standard InChI is InChI=1S/C17H22N2O/c1-2-19(15-6-4-3-5-7-15)17(20)14-9-8-13-10-11-18-16(13)12-14/h8-12,15,18H,2-7H2,1H3. The van der Waals surface area contributed by atoms with Gasteiger partial charge in [0.25, 0.3) is 5.91 Å². The first-order valence-corrected chi connectivity index (χ1v) is 7.67. The smallest absolute Gasteiger partial charge is 0.254 e. The summed E-state index contributed by atoms with van der Waals surface area (Å²) in [5.74, 6) is 0.177. The van der Waals surface area contributed by atoms with E-state index in [0.717, 1.165) is 35.9 Å². The molecule has 1 saturated carbocycles. The summed E-state index contributed by atoms with van der Waals surface area (Å²) in [6.07, 6.45) is 8.05. The van der Waals surface area contributed by atoms with Gasteiger partial charge in [-0.25, -0.2) is 0 Å². The summed E-state index contributed by atoms with van der Waals surface area (Å²) in [6.45, 7) is 2.88. The van der Waals surface area contributed by atoms with Crippen molar-refractivity contribution in [1.82, 2.24) is 9.88 Å². The van der Waals surface area contributed by atoms with Gasteiger partial charge in [-0.3, -0.25) is 4.79 Å². The van der Waals surface area contributed by atoms with Gasteiger partial charge in [-0.05, 0) is 43.4 Å². The molecule has 0 unspecified atom stereocenters. The largest absolute Gasteiger partial charge is 0.361 e. The zero-order valence-electron chi connectivity index (χ0n) is 12.1. The summed E-state index contributed by atoms with van der Waals surface area (Å²) in [4.78, 5) is 18.0. The van der Waals surface area contributed by atoms with Gasteiger partial charge in [0.05, 0.1) is 0 Å². The van der Waals surface area contributed by atoms with Crippen molar-refractivity contribution in [3.63, 3.8) is 0 Å². The minimum atomic E-state index is 0.177. The molecule has 2 aromatic rings. The monoisotopic (exact) mass is 270 g/mol. The molecular formula is C17H22N2O. The molecule has 3 heteroatoms. The topological polar surface area (TPSA) is 36.1 Å². The molecule has 0 saturated heterocycles. The number of aromatic nitrogens is 1. The summed E-state index contributed by atoms with van der Waals surface area (Å²) in [5, 5.41) is 1.15. The van der Waals surface area contributed by atoms with Crippen LogP contribution in [0.3, 0.4) is 0 Å². The van der Waals surface area contributed by atoms with Crippen LogP contribution in [-0.2, 0) is 0 Å². The maximum absolute atomic E-state index is 12.8. The third-order valence-corrected chi connectivity index (χ3v) is 4.42. The molecule has 0 atom stereocenters. The highest BCUT2D eigenvalue weighted by molar-refractivity contribution is 5.98. The number of nitrogens with one attached hydrogen (secondary N) is 1. The molecule has 3 rings (SSSR count). The number of H-pyrrole nitrogens is 1. The van der Waals surface area contributed by atoms with Crippen molar-refractivity contribution >= 4 is 16.8 Å². The molecule has 1 aliphatic rings. The van der Waals surface area contributed by atoms with Crippen molar-refractivity contribution in [3.05, 3.63) is 36.0 Å². The van der Waals surface area contributed by atoms with Gasteiger partial charge in [-0.1, -0.05) is 25.3 Å². The van der Waals surface area contributed by atoms with E-state index in [1.807, 2.05) is 30.5 Å². The normalized spacial score (nSPS) is 16.4. The van der Waals surface area contributed by atoms with Crippen molar-refractivity contribution in [3.8, 4) is 0 Å². The summed E-state index contributed by atoms with van der Waals surface area (Å²) < 4.78 is 0. The number of benzene rings is 1. The van der Waals surface area contributed by atoms with Crippen LogP contribution in [0.15, 0.2) is 30.5 Å². The highest BCUT2D eigenvalue weighted by atomic mass is 16.2. The van der Waals surface area contributed by atoms with Crippen LogP contribution in [0.4, 0.5) is 0 Å². The zero-order chi connectivity index (χ0) is 13.9. The van der Waals surface area contributed by atoms with Crippen LogP contribution in [0.2, 0.25) is 0 Å². The van der Waals surface area contributed by atoms with Crippen LogP contribution in [0, 0.1) is 0 Å². The third kappa shape index (κ3) is 2.45. The van der Waals surface area contributed by atoms with E-state index in [-0.39, 0.29) is 5.91 Å². The van der Waals surface area contributed by atoms with Gasteiger partial charge in [-0.15, -0.1) is 0 Å². The average Bonchev–Trinajstić information content (AvgIpc) is 2.96. The van der Waals surface area contributed by atoms with Crippen molar-refractivity contribution < 1.29 is 4.79 Å². The summed E-state index contributed by atoms with van der Waals surface area (Å²) in [5.41, 5.74) is 1.84. The van der Waals surface area contributed by atoms with Crippen LogP contribution < -0.4 is 0 Å². The van der Waals surface area contributed by atoms with E-state index in [1.165, 1.54) is 19.3 Å². The first-order valence-electron chi connectivity index (χ1n) is 7.67. The quantitative estimate of drug-likeness (QED) is 0.900. The number of carbonyl (C=O) groups is 1. The molecule has 106 valence electrons. The number of fused-ring (bicyclic) bond motifs is 1. The Bertz CT molecular complexity index is 596. The first-order chi connectivity index (χ1) is 9.79. The van der Waals surface area contributed by atoms with Crippen LogP contribution in [0.1, 0.15) is 49.4 Å². The molecule has 1 aromatic carbocycles. The minimum absolute atomic E-state index is 0.177. The van der Waals surface area contributed by atoms with Crippen molar-refractivity contribution in [2.75, 3.05) is 6.54 Å². The number of hydrogen-bond donors (Lipinski definition) is 1. The summed E-state index contributed by atoms with van der Waals surface area (Å²) >= 11 is 0. The molecule has 0 spiro atoms. The Balaban J connectivity index is 1.84. The predicted octanol–water partition coefficient (Wildman–Crippen LogP) is 3.96. The van der Waals surface area contributed by atoms with E-state index in [4.69, 9.17) is 0 Å². The van der Waals surface area contributed by atoms with Gasteiger partial charge < -0.3 is 9.88 Å². The molecule has 1 N–H and O–H groups in total. The van der Waals surface area contributed by atoms with Crippen molar-refractivity contribution in [2.45, 2.75) is 45.1 Å². The van der Waals surface area contributed by atoms with E-state index >= 15 is 0 Å². The molecule has 1 heterocycles. The molecule has 1 aliphatic carbocycles. The molecule has 0 bridgehead atoms. The van der Waals surface area contributed by atoms with Gasteiger partial charge in [0.2, 0.25) is 0 Å². The van der Waals surface area contributed by atoms with Crippen molar-refractivity contribution in [2.24, 2.45) is 0 Å². The number of aromatic amines is 1. The van der Waals surface area contributed by atoms with Crippen LogP contribution in [0.5, 0.6) is 0 Å². The molecule has 1 aromatic heterocycles. The van der Waals surface area contributed by atoms with Gasteiger partial charge in [0, 0.05) is 29.9 Å². The second kappa shape index (κ2) is 5.70. The van der Waals surface area contributed by atoms with E-state index in [1.54, 1.807) is 0 Å². The van der Waals surface area contributed by atoms with Crippen LogP contribution in [-0.4, -0.2) is 28.4 Å². The lowest BCUT2D eigenvalue weighted by Gasteiger charge is -2.33. The molecule has 0 aliphatic heterocycles. The molecule has 20 heavy (non-hydrogen) atoms. The first kappa shape index (κ1) is 13.2. The second-order valence-corrected chi connectivity index (χ2v) is 5.66. The van der Waals surface area contributed by atoms with Gasteiger partial charge in [0.1, 0.15) is 0 Å². The van der Waals surface area contributed by atoms with E-state index < -0.39 is 0 Å². The number of carbonyl (C=O) groups excluding carboxylic acids is 1. The second-order valence-electron chi connectivity index (χ2n) is 5.66. The Labute approximate surface area is 120 Å². The number of amides is 1. The van der Waals surface area contributed by atoms with Gasteiger partial charge in [0.15, 0.2) is 0 Å². The highest BCUT2D eigenvalue weighted by Gasteiger charge is 2.25. The number of nitrogens with zero attached hydrogens (tertiary/aromatic N) is 1. The van der Waals surface area contributed by atoms with Gasteiger partial charge >= 0.3 is 0 Å². The maximum atomic E-state index is 12.8. The fourth-order valence-corrected chi connectivity index (χ4v) is 3.31. The van der Waals surface area contributed by atoms with Crippen molar-refractivity contribution in [1.29, 1.82) is 0 Å². The Morgan fingerprint density at radius 2 is 2.05 bits per heavy atom. The van der Waals surface area contributed by atoms with E-state index in [2.05, 4.69) is 16.8 Å². The fourth-order valence-electron chi connectivity index (χ4n) is 3.31. The minimum Gasteiger partial charge on any atom is -0.361 e. The summed E-state index contributed by atoms with van der Waals surface area (Å²) in [7, 11) is 0. The maximum Gasteiger partial charge on any atom is 0.254 e. The lowest BCUT2D eigenvalue weighted by molar-refractivity contribution is 0.0648. The number of hydrogen-bond acceptors (Lipinski definition) is 1. The highest BCUT2D eigenvalue weighted by Crippen LogP contribution is 2.24. The Morgan fingerprint density at radius 1 is 1.25 bits per heavy atom. The van der Waals surface area contributed by atoms with E-state index in [0.29, 0.717) is 6.04 Å². The Kier molecular flexibility index (Phi) is 3.77. The Morgan fingerprint density at radius 3 is 2.80 bits per heavy atom. The summed E-state index contributed by atoms with van der Waals surface area (Å²) in [6, 6.07) is 8.41. The van der Waals surface area contributed by atoms with E-state index in [9.17, 15) is 4.79 Å². The molecular weight excluding hydrogens is 248 g/mol. The lowest BCUT2D eigenvalue weighted by atomic mass is 9.93. The fraction of sp³-hybridized carbons (Fsp3) is 0.471. The molecule has 3 nitrogen and oxygen atoms in total. The van der Waals surface area contributed by atoms with Crippen LogP contribution in [0.25, 0.3) is 10.9 Å². The molecule has 1 fully saturated rings. The van der Waals surface area contributed by atoms with Crippen LogP contribution >= 0.6 is 0 Å². The van der Waals surface area contributed by atoms with Gasteiger partial charge in [-0.2, -0.15) is 0 Å².